The molecule has 1 N–H and O–H groups in total. The zero-order chi connectivity index (χ0) is 10.1. The molecule has 0 aromatic rings. The van der Waals surface area contributed by atoms with E-state index < -0.39 is 0 Å². The van der Waals surface area contributed by atoms with Gasteiger partial charge in [-0.25, -0.2) is 10.4 Å². The summed E-state index contributed by atoms with van der Waals surface area (Å²) >= 11 is 0. The van der Waals surface area contributed by atoms with Gasteiger partial charge < -0.3 is 0 Å². The zero-order valence-corrected chi connectivity index (χ0v) is 9.63. The number of nitrogens with one attached hydrogen (secondary N) is 1. The second-order valence-corrected chi connectivity index (χ2v) is 2.65. The van der Waals surface area contributed by atoms with Crippen LogP contribution < -0.4 is 0 Å². The molecule has 14 heavy (non-hydrogen) atoms. The minimum absolute atomic E-state index is 0. The normalized spacial score (nSPS) is 11.7. The molecule has 0 aromatic carbocycles. The molecule has 0 radical (unpaired) electrons. The number of hydrogen-bond acceptors (Lipinski definition) is 5. The largest absolute Gasteiger partial charge is 0.278 e. The Morgan fingerprint density at radius 2 is 2.00 bits per heavy atom. The van der Waals surface area contributed by atoms with Crippen molar-refractivity contribution in [3.63, 3.8) is 0 Å². The van der Waals surface area contributed by atoms with Crippen LogP contribution in [0.3, 0.4) is 0 Å². The van der Waals surface area contributed by atoms with Crippen molar-refractivity contribution in [1.82, 2.24) is 5.23 Å². The maximum atomic E-state index is 6.65. The standard InChI is InChI=1S/C8H17N3O2.ClH/c1-8(10-7-9)5-4-6-11(12-2)13-3;/h8-9H,4-6H2,1-3H3;1H. The summed E-state index contributed by atoms with van der Waals surface area (Å²) in [5, 5.41) is 8.05. The van der Waals surface area contributed by atoms with Crippen molar-refractivity contribution >= 4 is 18.4 Å². The molecule has 0 saturated carbocycles. The lowest BCUT2D eigenvalue weighted by atomic mass is 10.2. The van der Waals surface area contributed by atoms with Gasteiger partial charge in [-0.05, 0) is 19.8 Å². The summed E-state index contributed by atoms with van der Waals surface area (Å²) in [5.41, 5.74) is 0. The molecule has 1 atom stereocenters. The van der Waals surface area contributed by atoms with Crippen LogP contribution >= 0.6 is 12.4 Å². The van der Waals surface area contributed by atoms with E-state index in [4.69, 9.17) is 15.1 Å². The van der Waals surface area contributed by atoms with Crippen molar-refractivity contribution in [1.29, 1.82) is 5.41 Å². The minimum atomic E-state index is 0. The fourth-order valence-corrected chi connectivity index (χ4v) is 0.948. The Balaban J connectivity index is 0. The average Bonchev–Trinajstić information content (AvgIpc) is 2.13. The van der Waals surface area contributed by atoms with E-state index in [1.165, 1.54) is 5.23 Å². The van der Waals surface area contributed by atoms with Crippen LogP contribution in [-0.2, 0) is 9.68 Å². The number of halogens is 1. The lowest BCUT2D eigenvalue weighted by molar-refractivity contribution is -0.342. The first-order chi connectivity index (χ1) is 6.24. The molecular weight excluding hydrogens is 206 g/mol. The van der Waals surface area contributed by atoms with Gasteiger partial charge in [0.25, 0.3) is 0 Å². The lowest BCUT2D eigenvalue weighted by Crippen LogP contribution is -2.22. The summed E-state index contributed by atoms with van der Waals surface area (Å²) in [5.74, 6) is 0. The molecule has 0 aliphatic carbocycles. The van der Waals surface area contributed by atoms with Crippen LogP contribution in [0.5, 0.6) is 0 Å². The summed E-state index contributed by atoms with van der Waals surface area (Å²) in [6.07, 6.45) is 1.81. The van der Waals surface area contributed by atoms with E-state index in [1.807, 2.05) is 12.9 Å². The Morgan fingerprint density at radius 3 is 2.43 bits per heavy atom. The maximum Gasteiger partial charge on any atom is 0.0864 e. The van der Waals surface area contributed by atoms with E-state index >= 15 is 0 Å². The Kier molecular flexibility index (Phi) is 12.1. The number of aliphatic imine (C=N–C) groups is 1. The summed E-state index contributed by atoms with van der Waals surface area (Å²) in [4.78, 5) is 13.5. The van der Waals surface area contributed by atoms with E-state index in [2.05, 4.69) is 4.99 Å². The molecule has 0 aliphatic rings. The molecule has 84 valence electrons. The van der Waals surface area contributed by atoms with Gasteiger partial charge in [0.05, 0.1) is 32.8 Å². The molecule has 0 spiro atoms. The molecule has 0 saturated heterocycles. The molecule has 6 heteroatoms. The van der Waals surface area contributed by atoms with Gasteiger partial charge in [-0.3, -0.25) is 9.68 Å². The Morgan fingerprint density at radius 1 is 1.43 bits per heavy atom. The van der Waals surface area contributed by atoms with Crippen LogP contribution in [0.15, 0.2) is 4.99 Å². The van der Waals surface area contributed by atoms with Crippen LogP contribution in [0.2, 0.25) is 0 Å². The van der Waals surface area contributed by atoms with Crippen molar-refractivity contribution in [3.8, 4) is 0 Å². The highest BCUT2D eigenvalue weighted by molar-refractivity contribution is 5.85. The highest BCUT2D eigenvalue weighted by atomic mass is 35.5. The van der Waals surface area contributed by atoms with Gasteiger partial charge in [0.15, 0.2) is 0 Å². The molecule has 0 aromatic heterocycles. The molecule has 0 amide bonds. The predicted molar refractivity (Wildman–Crippen MR) is 56.8 cm³/mol. The molecule has 1 unspecified atom stereocenters. The summed E-state index contributed by atoms with van der Waals surface area (Å²) < 4.78 is 0. The van der Waals surface area contributed by atoms with Gasteiger partial charge >= 0.3 is 0 Å². The van der Waals surface area contributed by atoms with Gasteiger partial charge in [-0.1, -0.05) is 5.23 Å². The van der Waals surface area contributed by atoms with Crippen molar-refractivity contribution < 1.29 is 9.68 Å². The van der Waals surface area contributed by atoms with E-state index in [0.29, 0.717) is 6.54 Å². The summed E-state index contributed by atoms with van der Waals surface area (Å²) in [7, 11) is 3.12. The second kappa shape index (κ2) is 10.6. The SMILES string of the molecule is CON(CCCC(C)N=C=N)OC.Cl. The number of rotatable bonds is 7. The Labute approximate surface area is 90.9 Å². The summed E-state index contributed by atoms with van der Waals surface area (Å²) in [6.45, 7) is 2.65. The second-order valence-electron chi connectivity index (χ2n) is 2.65. The number of nitrogens with zero attached hydrogens (tertiary/aromatic N) is 2. The first-order valence-corrected chi connectivity index (χ1v) is 4.22. The van der Waals surface area contributed by atoms with Crippen LogP contribution in [0.1, 0.15) is 19.8 Å². The highest BCUT2D eigenvalue weighted by Crippen LogP contribution is 2.02. The highest BCUT2D eigenvalue weighted by Gasteiger charge is 2.03. The smallest absolute Gasteiger partial charge is 0.0864 e. The van der Waals surface area contributed by atoms with Gasteiger partial charge in [0.2, 0.25) is 0 Å². The van der Waals surface area contributed by atoms with Gasteiger partial charge in [-0.2, -0.15) is 0 Å². The topological polar surface area (TPSA) is 57.9 Å². The predicted octanol–water partition coefficient (Wildman–Crippen LogP) is 1.75. The Hall–Kier alpha value is -0.450. The maximum absolute atomic E-state index is 6.65. The van der Waals surface area contributed by atoms with Gasteiger partial charge in [0.1, 0.15) is 0 Å². The lowest BCUT2D eigenvalue weighted by Gasteiger charge is -2.16. The number of hydrogen-bond donors (Lipinski definition) is 1. The van der Waals surface area contributed by atoms with Crippen LogP contribution in [-0.4, -0.2) is 38.0 Å². The number of hydroxylamine groups is 2. The Bertz CT molecular complexity index is 170. The third-order valence-electron chi connectivity index (χ3n) is 1.65. The molecule has 0 bridgehead atoms. The molecular formula is C8H18ClN3O2. The fraction of sp³-hybridized carbons (Fsp3) is 0.875. The summed E-state index contributed by atoms with van der Waals surface area (Å²) in [6, 6.07) is 2.18. The van der Waals surface area contributed by atoms with Crippen LogP contribution in [0.4, 0.5) is 0 Å². The average molecular weight is 224 g/mol. The van der Waals surface area contributed by atoms with Crippen molar-refractivity contribution in [3.05, 3.63) is 0 Å². The van der Waals surface area contributed by atoms with Gasteiger partial charge in [-0.15, -0.1) is 12.4 Å². The van der Waals surface area contributed by atoms with Crippen LogP contribution in [0, 0.1) is 5.41 Å². The van der Waals surface area contributed by atoms with Crippen LogP contribution in [0.25, 0.3) is 0 Å². The van der Waals surface area contributed by atoms with Gasteiger partial charge in [0, 0.05) is 0 Å². The van der Waals surface area contributed by atoms with E-state index in [1.54, 1.807) is 14.2 Å². The van der Waals surface area contributed by atoms with E-state index in [-0.39, 0.29) is 18.4 Å². The third kappa shape index (κ3) is 8.16. The van der Waals surface area contributed by atoms with E-state index in [0.717, 1.165) is 12.8 Å². The quantitative estimate of drug-likeness (QED) is 0.529. The molecule has 0 heterocycles. The molecule has 0 rings (SSSR count). The monoisotopic (exact) mass is 223 g/mol. The van der Waals surface area contributed by atoms with Crippen molar-refractivity contribution in [2.75, 3.05) is 20.8 Å². The fourth-order valence-electron chi connectivity index (χ4n) is 0.948. The molecule has 0 fully saturated rings. The van der Waals surface area contributed by atoms with E-state index in [9.17, 15) is 0 Å². The molecule has 5 nitrogen and oxygen atoms in total. The first-order valence-electron chi connectivity index (χ1n) is 4.22. The first kappa shape index (κ1) is 16.0. The minimum Gasteiger partial charge on any atom is -0.278 e. The zero-order valence-electron chi connectivity index (χ0n) is 8.82. The van der Waals surface area contributed by atoms with Crippen molar-refractivity contribution in [2.24, 2.45) is 4.99 Å². The molecule has 0 aliphatic heterocycles. The van der Waals surface area contributed by atoms with Crippen molar-refractivity contribution in [2.45, 2.75) is 25.8 Å². The third-order valence-corrected chi connectivity index (χ3v) is 1.65.